The summed E-state index contributed by atoms with van der Waals surface area (Å²) in [7, 11) is 0. The Labute approximate surface area is 156 Å². The number of likely N-dealkylation sites (tertiary alicyclic amines) is 1. The first-order valence-corrected chi connectivity index (χ1v) is 8.99. The highest BCUT2D eigenvalue weighted by molar-refractivity contribution is 6.30. The lowest BCUT2D eigenvalue weighted by molar-refractivity contribution is 0.0708. The van der Waals surface area contributed by atoms with Crippen LogP contribution in [0, 0.1) is 0 Å². The van der Waals surface area contributed by atoms with E-state index in [1.54, 1.807) is 29.4 Å². The van der Waals surface area contributed by atoms with Crippen molar-refractivity contribution in [3.63, 3.8) is 0 Å². The summed E-state index contributed by atoms with van der Waals surface area (Å²) in [6.45, 7) is 0.689. The second kappa shape index (κ2) is 7.30. The Hall–Kier alpha value is -2.66. The lowest BCUT2D eigenvalue weighted by Gasteiger charge is -2.21. The lowest BCUT2D eigenvalue weighted by Crippen LogP contribution is -2.31. The Kier molecular flexibility index (Phi) is 4.71. The van der Waals surface area contributed by atoms with Crippen molar-refractivity contribution >= 4 is 17.5 Å². The lowest BCUT2D eigenvalue weighted by atomic mass is 10.1. The third-order valence-corrected chi connectivity index (χ3v) is 4.80. The topological polar surface area (TPSA) is 59.2 Å². The maximum atomic E-state index is 12.7. The fourth-order valence-electron chi connectivity index (χ4n) is 3.26. The van der Waals surface area contributed by atoms with Gasteiger partial charge in [-0.2, -0.15) is 0 Å². The molecule has 1 aliphatic heterocycles. The highest BCUT2D eigenvalue weighted by atomic mass is 35.5. The molecule has 0 aliphatic carbocycles. The molecule has 132 valence electrons. The molecule has 0 bridgehead atoms. The number of amides is 1. The second-order valence-corrected chi connectivity index (χ2v) is 6.78. The summed E-state index contributed by atoms with van der Waals surface area (Å²) >= 11 is 5.92. The van der Waals surface area contributed by atoms with Gasteiger partial charge in [0.15, 0.2) is 0 Å². The Morgan fingerprint density at radius 3 is 2.81 bits per heavy atom. The normalized spacial score (nSPS) is 16.8. The minimum atomic E-state index is -0.136. The third-order valence-electron chi connectivity index (χ3n) is 4.55. The van der Waals surface area contributed by atoms with Crippen LogP contribution in [0.25, 0.3) is 0 Å². The SMILES string of the molecule is O=C(c1ccccn1)N1CCCC1c1ncc(Cc2ccc(Cl)cc2)o1. The number of hydrogen-bond acceptors (Lipinski definition) is 4. The van der Waals surface area contributed by atoms with Crippen LogP contribution in [-0.2, 0) is 6.42 Å². The van der Waals surface area contributed by atoms with E-state index in [0.717, 1.165) is 24.2 Å². The molecule has 1 aromatic carbocycles. The summed E-state index contributed by atoms with van der Waals surface area (Å²) in [5.74, 6) is 1.29. The Balaban J connectivity index is 1.51. The van der Waals surface area contributed by atoms with Crippen LogP contribution in [-0.4, -0.2) is 27.3 Å². The van der Waals surface area contributed by atoms with Gasteiger partial charge in [0, 0.05) is 24.2 Å². The summed E-state index contributed by atoms with van der Waals surface area (Å²) in [5.41, 5.74) is 1.55. The van der Waals surface area contributed by atoms with E-state index in [9.17, 15) is 4.79 Å². The molecule has 1 amide bonds. The van der Waals surface area contributed by atoms with Crippen LogP contribution in [0.15, 0.2) is 59.3 Å². The van der Waals surface area contributed by atoms with Crippen LogP contribution in [0.4, 0.5) is 0 Å². The van der Waals surface area contributed by atoms with Crippen LogP contribution >= 0.6 is 11.6 Å². The van der Waals surface area contributed by atoms with E-state index in [4.69, 9.17) is 16.0 Å². The molecule has 0 saturated carbocycles. The van der Waals surface area contributed by atoms with E-state index >= 15 is 0 Å². The number of carbonyl (C=O) groups is 1. The van der Waals surface area contributed by atoms with Crippen LogP contribution in [0.2, 0.25) is 5.02 Å². The monoisotopic (exact) mass is 367 g/mol. The molecule has 26 heavy (non-hydrogen) atoms. The molecule has 4 rings (SSSR count). The number of carbonyl (C=O) groups excluding carboxylic acids is 1. The number of nitrogens with zero attached hydrogens (tertiary/aromatic N) is 3. The van der Waals surface area contributed by atoms with Gasteiger partial charge in [0.1, 0.15) is 17.5 Å². The van der Waals surface area contributed by atoms with Gasteiger partial charge >= 0.3 is 0 Å². The average Bonchev–Trinajstić information content (AvgIpc) is 3.33. The molecule has 6 heteroatoms. The molecule has 1 unspecified atom stereocenters. The minimum Gasteiger partial charge on any atom is -0.443 e. The van der Waals surface area contributed by atoms with Crippen LogP contribution in [0.5, 0.6) is 0 Å². The van der Waals surface area contributed by atoms with Crippen molar-refractivity contribution in [3.05, 3.63) is 82.8 Å². The van der Waals surface area contributed by atoms with Gasteiger partial charge < -0.3 is 9.32 Å². The molecule has 3 aromatic rings. The van der Waals surface area contributed by atoms with Crippen molar-refractivity contribution in [2.45, 2.75) is 25.3 Å². The maximum absolute atomic E-state index is 12.7. The van der Waals surface area contributed by atoms with Crippen LogP contribution in [0.3, 0.4) is 0 Å². The predicted octanol–water partition coefficient (Wildman–Crippen LogP) is 4.29. The number of oxazole rings is 1. The van der Waals surface area contributed by atoms with E-state index in [-0.39, 0.29) is 11.9 Å². The summed E-state index contributed by atoms with van der Waals surface area (Å²) in [5, 5.41) is 0.710. The molecule has 1 fully saturated rings. The molecule has 1 saturated heterocycles. The number of aromatic nitrogens is 2. The first-order chi connectivity index (χ1) is 12.7. The van der Waals surface area contributed by atoms with Gasteiger partial charge in [0.2, 0.25) is 5.89 Å². The van der Waals surface area contributed by atoms with Gasteiger partial charge in [-0.25, -0.2) is 4.98 Å². The van der Waals surface area contributed by atoms with E-state index in [2.05, 4.69) is 9.97 Å². The van der Waals surface area contributed by atoms with Gasteiger partial charge in [0.25, 0.3) is 5.91 Å². The molecule has 0 radical (unpaired) electrons. The summed E-state index contributed by atoms with van der Waals surface area (Å²) in [4.78, 5) is 23.1. The van der Waals surface area contributed by atoms with Crippen molar-refractivity contribution < 1.29 is 9.21 Å². The molecule has 5 nitrogen and oxygen atoms in total. The molecule has 0 spiro atoms. The predicted molar refractivity (Wildman–Crippen MR) is 98.0 cm³/mol. The zero-order valence-corrected chi connectivity index (χ0v) is 14.9. The Morgan fingerprint density at radius 1 is 1.19 bits per heavy atom. The van der Waals surface area contributed by atoms with Gasteiger partial charge in [-0.3, -0.25) is 9.78 Å². The number of pyridine rings is 1. The van der Waals surface area contributed by atoms with Crippen molar-refractivity contribution in [1.82, 2.24) is 14.9 Å². The van der Waals surface area contributed by atoms with Gasteiger partial charge in [0.05, 0.1) is 6.20 Å². The minimum absolute atomic E-state index is 0.0782. The summed E-state index contributed by atoms with van der Waals surface area (Å²) in [6, 6.07) is 12.9. The maximum Gasteiger partial charge on any atom is 0.273 e. The zero-order valence-electron chi connectivity index (χ0n) is 14.1. The van der Waals surface area contributed by atoms with Gasteiger partial charge in [-0.15, -0.1) is 0 Å². The number of rotatable bonds is 4. The van der Waals surface area contributed by atoms with Crippen LogP contribution < -0.4 is 0 Å². The first kappa shape index (κ1) is 16.8. The molecular formula is C20H18ClN3O2. The Bertz CT molecular complexity index is 893. The van der Waals surface area contributed by atoms with Crippen LogP contribution in [0.1, 0.15) is 46.6 Å². The molecule has 1 atom stereocenters. The van der Waals surface area contributed by atoms with Crippen molar-refractivity contribution in [3.8, 4) is 0 Å². The summed E-state index contributed by atoms with van der Waals surface area (Å²) in [6.07, 6.45) is 5.79. The molecule has 1 aliphatic rings. The number of benzene rings is 1. The Morgan fingerprint density at radius 2 is 2.04 bits per heavy atom. The van der Waals surface area contributed by atoms with Crippen molar-refractivity contribution in [1.29, 1.82) is 0 Å². The highest BCUT2D eigenvalue weighted by Gasteiger charge is 2.34. The molecule has 0 N–H and O–H groups in total. The standard InChI is InChI=1S/C20H18ClN3O2/c21-15-8-6-14(7-9-15)12-16-13-23-19(26-16)18-5-3-11-24(18)20(25)17-4-1-2-10-22-17/h1-2,4,6-10,13,18H,3,5,11-12H2. The zero-order chi connectivity index (χ0) is 17.9. The smallest absolute Gasteiger partial charge is 0.273 e. The number of halogens is 1. The van der Waals surface area contributed by atoms with E-state index in [1.165, 1.54) is 0 Å². The third kappa shape index (κ3) is 3.48. The van der Waals surface area contributed by atoms with E-state index < -0.39 is 0 Å². The fraction of sp³-hybridized carbons (Fsp3) is 0.250. The molecular weight excluding hydrogens is 350 g/mol. The molecule has 2 aromatic heterocycles. The highest BCUT2D eigenvalue weighted by Crippen LogP contribution is 2.32. The first-order valence-electron chi connectivity index (χ1n) is 8.62. The number of hydrogen-bond donors (Lipinski definition) is 0. The van der Waals surface area contributed by atoms with Crippen molar-refractivity contribution in [2.24, 2.45) is 0 Å². The molecule has 3 heterocycles. The second-order valence-electron chi connectivity index (χ2n) is 6.34. The van der Waals surface area contributed by atoms with Crippen molar-refractivity contribution in [2.75, 3.05) is 6.54 Å². The summed E-state index contributed by atoms with van der Waals surface area (Å²) < 4.78 is 5.96. The average molecular weight is 368 g/mol. The largest absolute Gasteiger partial charge is 0.443 e. The van der Waals surface area contributed by atoms with E-state index in [1.807, 2.05) is 30.3 Å². The van der Waals surface area contributed by atoms with Gasteiger partial charge in [-0.05, 0) is 42.7 Å². The van der Waals surface area contributed by atoms with Gasteiger partial charge in [-0.1, -0.05) is 29.8 Å². The quantitative estimate of drug-likeness (QED) is 0.690. The fourth-order valence-corrected chi connectivity index (χ4v) is 3.39. The van der Waals surface area contributed by atoms with E-state index in [0.29, 0.717) is 29.6 Å².